The van der Waals surface area contributed by atoms with E-state index in [0.29, 0.717) is 6.04 Å². The van der Waals surface area contributed by atoms with Crippen LogP contribution in [0.2, 0.25) is 0 Å². The van der Waals surface area contributed by atoms with Gasteiger partial charge < -0.3 is 14.1 Å². The maximum atomic E-state index is 6.05. The average Bonchev–Trinajstić information content (AvgIpc) is 2.94. The highest BCUT2D eigenvalue weighted by atomic mass is 16.5. The number of hydrogen-bond acceptors (Lipinski definition) is 4. The fourth-order valence-corrected chi connectivity index (χ4v) is 3.03. The molecule has 1 unspecified atom stereocenters. The van der Waals surface area contributed by atoms with Gasteiger partial charge in [-0.3, -0.25) is 5.32 Å². The average molecular weight is 250 g/mol. The van der Waals surface area contributed by atoms with E-state index in [9.17, 15) is 0 Å². The Hall–Kier alpha value is -0.840. The molecule has 0 aliphatic carbocycles. The van der Waals surface area contributed by atoms with Crippen LogP contribution in [0.25, 0.3) is 0 Å². The van der Waals surface area contributed by atoms with Crippen molar-refractivity contribution in [2.24, 2.45) is 0 Å². The van der Waals surface area contributed by atoms with Crippen LogP contribution in [0.5, 0.6) is 0 Å². The molecule has 0 radical (unpaired) electrons. The molecule has 1 aromatic rings. The first-order valence-corrected chi connectivity index (χ1v) is 6.99. The molecule has 3 rings (SSSR count). The third kappa shape index (κ3) is 2.32. The maximum Gasteiger partial charge on any atom is 0.122 e. The van der Waals surface area contributed by atoms with E-state index in [1.807, 2.05) is 6.07 Å². The van der Waals surface area contributed by atoms with Gasteiger partial charge in [0.15, 0.2) is 0 Å². The lowest BCUT2D eigenvalue weighted by atomic mass is 9.95. The summed E-state index contributed by atoms with van der Waals surface area (Å²) in [6.07, 6.45) is 4.88. The number of piperidine rings is 1. The van der Waals surface area contributed by atoms with E-state index in [2.05, 4.69) is 23.2 Å². The summed E-state index contributed by atoms with van der Waals surface area (Å²) >= 11 is 0. The number of nitrogens with zero attached hydrogens (tertiary/aromatic N) is 1. The van der Waals surface area contributed by atoms with Crippen LogP contribution in [0.1, 0.15) is 38.0 Å². The molecule has 2 saturated heterocycles. The molecule has 3 heterocycles. The third-order valence-corrected chi connectivity index (χ3v) is 4.22. The van der Waals surface area contributed by atoms with Crippen LogP contribution in [0.4, 0.5) is 0 Å². The number of furan rings is 1. The Bertz CT molecular complexity index is 369. The monoisotopic (exact) mass is 250 g/mol. The summed E-state index contributed by atoms with van der Waals surface area (Å²) in [6.45, 7) is 6.42. The predicted molar refractivity (Wildman–Crippen MR) is 69.2 cm³/mol. The first kappa shape index (κ1) is 12.2. The molecule has 0 saturated carbocycles. The van der Waals surface area contributed by atoms with Crippen molar-refractivity contribution >= 4 is 0 Å². The Morgan fingerprint density at radius 3 is 2.94 bits per heavy atom. The van der Waals surface area contributed by atoms with Gasteiger partial charge in [0, 0.05) is 25.9 Å². The van der Waals surface area contributed by atoms with Gasteiger partial charge >= 0.3 is 0 Å². The van der Waals surface area contributed by atoms with Crippen molar-refractivity contribution in [2.75, 3.05) is 26.2 Å². The van der Waals surface area contributed by atoms with Crippen LogP contribution in [-0.2, 0) is 4.74 Å². The highest BCUT2D eigenvalue weighted by Crippen LogP contribution is 2.33. The molecule has 18 heavy (non-hydrogen) atoms. The van der Waals surface area contributed by atoms with Crippen LogP contribution < -0.4 is 5.32 Å². The lowest BCUT2D eigenvalue weighted by Gasteiger charge is -2.46. The number of hydrogen-bond donors (Lipinski definition) is 1. The molecule has 2 aliphatic heterocycles. The summed E-state index contributed by atoms with van der Waals surface area (Å²) in [5.41, 5.74) is -0.124. The molecular formula is C14H22N2O2. The van der Waals surface area contributed by atoms with Gasteiger partial charge in [-0.1, -0.05) is 6.92 Å². The standard InChI is InChI=1S/C14H22N2O2/c1-2-16-8-6-14(7-9-16)15-12(5-11-18-14)13-4-3-10-17-13/h3-4,10,12,15H,2,5-9,11H2,1H3. The van der Waals surface area contributed by atoms with E-state index >= 15 is 0 Å². The first-order valence-electron chi connectivity index (χ1n) is 6.99. The van der Waals surface area contributed by atoms with Gasteiger partial charge in [0.05, 0.1) is 18.9 Å². The van der Waals surface area contributed by atoms with Crippen molar-refractivity contribution in [3.8, 4) is 0 Å². The van der Waals surface area contributed by atoms with Crippen molar-refractivity contribution in [2.45, 2.75) is 38.0 Å². The van der Waals surface area contributed by atoms with E-state index in [4.69, 9.17) is 9.15 Å². The van der Waals surface area contributed by atoms with Crippen LogP contribution in [-0.4, -0.2) is 36.9 Å². The number of likely N-dealkylation sites (tertiary alicyclic amines) is 1. The predicted octanol–water partition coefficient (Wildman–Crippen LogP) is 2.14. The second-order valence-electron chi connectivity index (χ2n) is 5.28. The molecule has 0 bridgehead atoms. The van der Waals surface area contributed by atoms with E-state index in [1.54, 1.807) is 6.26 Å². The Balaban J connectivity index is 1.67. The van der Waals surface area contributed by atoms with Crippen LogP contribution >= 0.6 is 0 Å². The molecular weight excluding hydrogens is 228 g/mol. The minimum Gasteiger partial charge on any atom is -0.468 e. The van der Waals surface area contributed by atoms with Crippen LogP contribution in [0, 0.1) is 0 Å². The van der Waals surface area contributed by atoms with Crippen molar-refractivity contribution in [3.05, 3.63) is 24.2 Å². The zero-order valence-electron chi connectivity index (χ0n) is 11.0. The topological polar surface area (TPSA) is 37.6 Å². The molecule has 0 aromatic carbocycles. The number of ether oxygens (including phenoxy) is 1. The third-order valence-electron chi connectivity index (χ3n) is 4.22. The van der Waals surface area contributed by atoms with E-state index in [1.165, 1.54) is 0 Å². The Morgan fingerprint density at radius 2 is 2.28 bits per heavy atom. The van der Waals surface area contributed by atoms with Crippen LogP contribution in [0.15, 0.2) is 22.8 Å². The number of nitrogens with one attached hydrogen (secondary N) is 1. The summed E-state index contributed by atoms with van der Waals surface area (Å²) < 4.78 is 11.6. The minimum atomic E-state index is -0.124. The summed E-state index contributed by atoms with van der Waals surface area (Å²) in [5.74, 6) is 1.04. The Labute approximate surface area is 108 Å². The lowest BCUT2D eigenvalue weighted by molar-refractivity contribution is -0.141. The second-order valence-corrected chi connectivity index (χ2v) is 5.28. The number of rotatable bonds is 2. The smallest absolute Gasteiger partial charge is 0.122 e. The molecule has 2 fully saturated rings. The largest absolute Gasteiger partial charge is 0.468 e. The second kappa shape index (κ2) is 5.03. The lowest BCUT2D eigenvalue weighted by Crippen LogP contribution is -2.58. The van der Waals surface area contributed by atoms with Gasteiger partial charge in [0.25, 0.3) is 0 Å². The maximum absolute atomic E-state index is 6.05. The summed E-state index contributed by atoms with van der Waals surface area (Å²) in [5, 5.41) is 3.67. The van der Waals surface area contributed by atoms with Gasteiger partial charge in [-0.2, -0.15) is 0 Å². The quantitative estimate of drug-likeness (QED) is 0.872. The summed E-state index contributed by atoms with van der Waals surface area (Å²) in [4.78, 5) is 2.48. The summed E-state index contributed by atoms with van der Waals surface area (Å²) in [7, 11) is 0. The molecule has 0 amide bonds. The molecule has 1 spiro atoms. The first-order chi connectivity index (χ1) is 8.81. The Kier molecular flexibility index (Phi) is 3.41. The Morgan fingerprint density at radius 1 is 1.44 bits per heavy atom. The fraction of sp³-hybridized carbons (Fsp3) is 0.714. The molecule has 1 aromatic heterocycles. The zero-order chi connectivity index (χ0) is 12.4. The SMILES string of the molecule is CCN1CCC2(CC1)NC(c1ccco1)CCO2. The molecule has 1 N–H and O–H groups in total. The van der Waals surface area contributed by atoms with Gasteiger partial charge in [-0.25, -0.2) is 0 Å². The molecule has 2 aliphatic rings. The fourth-order valence-electron chi connectivity index (χ4n) is 3.03. The van der Waals surface area contributed by atoms with Gasteiger partial charge in [0.2, 0.25) is 0 Å². The van der Waals surface area contributed by atoms with E-state index in [0.717, 1.165) is 51.3 Å². The normalized spacial score (nSPS) is 28.6. The zero-order valence-corrected chi connectivity index (χ0v) is 11.0. The highest BCUT2D eigenvalue weighted by Gasteiger charge is 2.40. The van der Waals surface area contributed by atoms with Crippen molar-refractivity contribution < 1.29 is 9.15 Å². The van der Waals surface area contributed by atoms with Crippen molar-refractivity contribution in [1.82, 2.24) is 10.2 Å². The summed E-state index contributed by atoms with van der Waals surface area (Å²) in [6, 6.07) is 4.32. The van der Waals surface area contributed by atoms with Gasteiger partial charge in [-0.15, -0.1) is 0 Å². The van der Waals surface area contributed by atoms with E-state index in [-0.39, 0.29) is 5.72 Å². The van der Waals surface area contributed by atoms with Crippen molar-refractivity contribution in [3.63, 3.8) is 0 Å². The molecule has 100 valence electrons. The van der Waals surface area contributed by atoms with Crippen LogP contribution in [0.3, 0.4) is 0 Å². The van der Waals surface area contributed by atoms with Crippen molar-refractivity contribution in [1.29, 1.82) is 0 Å². The van der Waals surface area contributed by atoms with Gasteiger partial charge in [-0.05, 0) is 25.1 Å². The highest BCUT2D eigenvalue weighted by molar-refractivity contribution is 5.07. The minimum absolute atomic E-state index is 0.124. The van der Waals surface area contributed by atoms with E-state index < -0.39 is 0 Å². The molecule has 4 nitrogen and oxygen atoms in total. The molecule has 4 heteroatoms. The molecule has 1 atom stereocenters. The van der Waals surface area contributed by atoms with Gasteiger partial charge in [0.1, 0.15) is 11.5 Å².